The van der Waals surface area contributed by atoms with Crippen molar-refractivity contribution < 1.29 is 9.15 Å². The van der Waals surface area contributed by atoms with Crippen LogP contribution in [0.1, 0.15) is 23.5 Å². The van der Waals surface area contributed by atoms with Crippen molar-refractivity contribution in [2.24, 2.45) is 0 Å². The van der Waals surface area contributed by atoms with Crippen molar-refractivity contribution >= 4 is 6.08 Å². The number of hydrogen-bond acceptors (Lipinski definition) is 4. The highest BCUT2D eigenvalue weighted by Gasteiger charge is 2.15. The third kappa shape index (κ3) is 4.68. The quantitative estimate of drug-likeness (QED) is 0.603. The fourth-order valence-corrected chi connectivity index (χ4v) is 3.44. The highest BCUT2D eigenvalue weighted by atomic mass is 16.5. The zero-order chi connectivity index (χ0) is 18.5. The molecular formula is C22H25N3O2. The van der Waals surface area contributed by atoms with Crippen LogP contribution < -0.4 is 4.74 Å². The summed E-state index contributed by atoms with van der Waals surface area (Å²) in [6, 6.07) is 12.3. The lowest BCUT2D eigenvalue weighted by Crippen LogP contribution is -2.29. The minimum atomic E-state index is 0.645. The summed E-state index contributed by atoms with van der Waals surface area (Å²) in [7, 11) is 0. The van der Waals surface area contributed by atoms with E-state index >= 15 is 0 Å². The van der Waals surface area contributed by atoms with Gasteiger partial charge in [0, 0.05) is 37.6 Å². The van der Waals surface area contributed by atoms with Gasteiger partial charge in [0.2, 0.25) is 0 Å². The number of aryl methyl sites for hydroxylation is 2. The molecule has 1 aliphatic rings. The molecule has 0 saturated carbocycles. The lowest BCUT2D eigenvalue weighted by molar-refractivity contribution is 0.240. The van der Waals surface area contributed by atoms with E-state index in [9.17, 15) is 0 Å². The van der Waals surface area contributed by atoms with Crippen molar-refractivity contribution in [3.63, 3.8) is 0 Å². The van der Waals surface area contributed by atoms with Gasteiger partial charge in [0.25, 0.3) is 0 Å². The number of fused-ring (bicyclic) bond motifs is 1. The van der Waals surface area contributed by atoms with Crippen LogP contribution in [0.15, 0.2) is 65.1 Å². The van der Waals surface area contributed by atoms with Crippen LogP contribution in [0.25, 0.3) is 6.08 Å². The first-order valence-corrected chi connectivity index (χ1v) is 9.41. The minimum Gasteiger partial charge on any atom is -0.489 e. The maximum absolute atomic E-state index is 5.92. The average Bonchev–Trinajstić information content (AvgIpc) is 3.33. The highest BCUT2D eigenvalue weighted by molar-refractivity contribution is 5.62. The number of para-hydroxylation sites is 1. The van der Waals surface area contributed by atoms with Crippen LogP contribution in [0.2, 0.25) is 0 Å². The Labute approximate surface area is 159 Å². The second kappa shape index (κ2) is 8.27. The Balaban J connectivity index is 1.43. The average molecular weight is 363 g/mol. The van der Waals surface area contributed by atoms with Crippen LogP contribution in [-0.2, 0) is 13.1 Å². The molecule has 0 aliphatic carbocycles. The predicted octanol–water partition coefficient (Wildman–Crippen LogP) is 4.15. The van der Waals surface area contributed by atoms with Crippen molar-refractivity contribution in [1.29, 1.82) is 0 Å². The molecule has 0 spiro atoms. The molecule has 1 aliphatic heterocycles. The van der Waals surface area contributed by atoms with Gasteiger partial charge >= 0.3 is 0 Å². The third-order valence-corrected chi connectivity index (χ3v) is 4.74. The van der Waals surface area contributed by atoms with Crippen molar-refractivity contribution in [2.45, 2.75) is 26.4 Å². The van der Waals surface area contributed by atoms with Crippen molar-refractivity contribution in [1.82, 2.24) is 14.5 Å². The van der Waals surface area contributed by atoms with Crippen molar-refractivity contribution in [3.05, 3.63) is 77.8 Å². The zero-order valence-corrected chi connectivity index (χ0v) is 15.7. The van der Waals surface area contributed by atoms with Crippen molar-refractivity contribution in [3.8, 4) is 5.75 Å². The molecule has 5 heteroatoms. The summed E-state index contributed by atoms with van der Waals surface area (Å²) < 4.78 is 13.8. The number of imidazole rings is 1. The smallest absolute Gasteiger partial charge is 0.127 e. The lowest BCUT2D eigenvalue weighted by Gasteiger charge is -2.25. The fourth-order valence-electron chi connectivity index (χ4n) is 3.44. The van der Waals surface area contributed by atoms with Gasteiger partial charge in [-0.2, -0.15) is 0 Å². The van der Waals surface area contributed by atoms with Crippen molar-refractivity contribution in [2.75, 3.05) is 19.7 Å². The van der Waals surface area contributed by atoms with Crippen LogP contribution in [-0.4, -0.2) is 34.1 Å². The summed E-state index contributed by atoms with van der Waals surface area (Å²) in [6.45, 7) is 6.26. The molecule has 0 fully saturated rings. The van der Waals surface area contributed by atoms with Gasteiger partial charge in [-0.3, -0.25) is 4.90 Å². The van der Waals surface area contributed by atoms with Crippen LogP contribution in [0.5, 0.6) is 5.75 Å². The molecule has 3 heterocycles. The summed E-state index contributed by atoms with van der Waals surface area (Å²) in [4.78, 5) is 6.54. The summed E-state index contributed by atoms with van der Waals surface area (Å²) in [6.07, 6.45) is 9.02. The fraction of sp³-hybridized carbons (Fsp3) is 0.318. The lowest BCUT2D eigenvalue weighted by atomic mass is 10.1. The number of ether oxygens (including phenoxy) is 1. The Hall–Kier alpha value is -2.79. The monoisotopic (exact) mass is 363 g/mol. The van der Waals surface area contributed by atoms with E-state index in [1.165, 1.54) is 5.57 Å². The van der Waals surface area contributed by atoms with Gasteiger partial charge in [-0.1, -0.05) is 18.2 Å². The topological polar surface area (TPSA) is 43.4 Å². The Morgan fingerprint density at radius 2 is 2.07 bits per heavy atom. The van der Waals surface area contributed by atoms with Crippen LogP contribution >= 0.6 is 0 Å². The van der Waals surface area contributed by atoms with E-state index in [1.54, 1.807) is 0 Å². The minimum absolute atomic E-state index is 0.645. The summed E-state index contributed by atoms with van der Waals surface area (Å²) in [5.41, 5.74) is 2.45. The number of furan rings is 1. The summed E-state index contributed by atoms with van der Waals surface area (Å²) in [5, 5.41) is 0. The number of benzene rings is 1. The van der Waals surface area contributed by atoms with Gasteiger partial charge in [-0.05, 0) is 43.2 Å². The Bertz CT molecular complexity index is 896. The van der Waals surface area contributed by atoms with Gasteiger partial charge in [0.1, 0.15) is 23.9 Å². The van der Waals surface area contributed by atoms with Gasteiger partial charge in [-0.15, -0.1) is 0 Å². The maximum atomic E-state index is 5.92. The Morgan fingerprint density at radius 3 is 2.89 bits per heavy atom. The molecular weight excluding hydrogens is 338 g/mol. The molecule has 5 nitrogen and oxygen atoms in total. The molecule has 0 amide bonds. The van der Waals surface area contributed by atoms with Crippen LogP contribution in [0, 0.1) is 6.92 Å². The molecule has 3 aromatic rings. The Kier molecular flexibility index (Phi) is 5.39. The van der Waals surface area contributed by atoms with E-state index in [0.717, 1.165) is 55.4 Å². The molecule has 0 saturated heterocycles. The van der Waals surface area contributed by atoms with E-state index in [0.29, 0.717) is 6.61 Å². The van der Waals surface area contributed by atoms with Crippen LogP contribution in [0.3, 0.4) is 0 Å². The number of aromatic nitrogens is 2. The van der Waals surface area contributed by atoms with E-state index in [2.05, 4.69) is 38.7 Å². The number of nitrogens with zero attached hydrogens (tertiary/aromatic N) is 3. The second-order valence-electron chi connectivity index (χ2n) is 7.01. The summed E-state index contributed by atoms with van der Waals surface area (Å²) in [5.74, 6) is 2.93. The van der Waals surface area contributed by atoms with Gasteiger partial charge < -0.3 is 13.7 Å². The van der Waals surface area contributed by atoms with E-state index in [-0.39, 0.29) is 0 Å². The van der Waals surface area contributed by atoms with Crippen LogP contribution in [0.4, 0.5) is 0 Å². The molecule has 0 N–H and O–H groups in total. The standard InChI is InChI=1S/C22H25N3O2/c1-18-7-8-21(27-18)15-25(11-4-10-24-12-9-23-17-24)14-19-13-20-5-2-3-6-22(20)26-16-19/h2-3,5-9,12-13,17H,4,10-11,14-16H2,1H3. The normalized spacial score (nSPS) is 13.3. The molecule has 0 unspecified atom stereocenters. The molecule has 0 bridgehead atoms. The van der Waals surface area contributed by atoms with Gasteiger partial charge in [-0.25, -0.2) is 4.98 Å². The third-order valence-electron chi connectivity index (χ3n) is 4.74. The molecule has 140 valence electrons. The van der Waals surface area contributed by atoms with Gasteiger partial charge in [0.15, 0.2) is 0 Å². The predicted molar refractivity (Wildman–Crippen MR) is 105 cm³/mol. The first-order valence-electron chi connectivity index (χ1n) is 9.41. The molecule has 0 atom stereocenters. The zero-order valence-electron chi connectivity index (χ0n) is 15.7. The first-order chi connectivity index (χ1) is 13.3. The van der Waals surface area contributed by atoms with E-state index in [1.807, 2.05) is 43.8 Å². The molecule has 27 heavy (non-hydrogen) atoms. The SMILES string of the molecule is Cc1ccc(CN(CCCn2ccnc2)CC2=Cc3ccccc3OC2)o1. The molecule has 2 aromatic heterocycles. The van der Waals surface area contributed by atoms with E-state index < -0.39 is 0 Å². The largest absolute Gasteiger partial charge is 0.489 e. The van der Waals surface area contributed by atoms with E-state index in [4.69, 9.17) is 9.15 Å². The number of rotatable bonds is 8. The number of hydrogen-bond donors (Lipinski definition) is 0. The maximum Gasteiger partial charge on any atom is 0.127 e. The highest BCUT2D eigenvalue weighted by Crippen LogP contribution is 2.26. The first kappa shape index (κ1) is 17.6. The second-order valence-corrected chi connectivity index (χ2v) is 7.01. The molecule has 4 rings (SSSR count). The summed E-state index contributed by atoms with van der Waals surface area (Å²) >= 11 is 0. The van der Waals surface area contributed by atoms with Gasteiger partial charge in [0.05, 0.1) is 12.9 Å². The Morgan fingerprint density at radius 1 is 1.15 bits per heavy atom. The molecule has 1 aromatic carbocycles. The molecule has 0 radical (unpaired) electrons.